The Bertz CT molecular complexity index is 1130. The van der Waals surface area contributed by atoms with Gasteiger partial charge in [-0.1, -0.05) is 34.1 Å². The molecule has 9 heteroatoms. The van der Waals surface area contributed by atoms with Crippen LogP contribution in [0.5, 0.6) is 0 Å². The van der Waals surface area contributed by atoms with Gasteiger partial charge in [0.1, 0.15) is 5.01 Å². The largest absolute Gasteiger partial charge is 0.326 e. The zero-order valence-electron chi connectivity index (χ0n) is 15.2. The number of aromatic nitrogens is 1. The van der Waals surface area contributed by atoms with Gasteiger partial charge in [-0.3, -0.25) is 9.52 Å². The maximum Gasteiger partial charge on any atom is 0.230 e. The molecule has 0 fully saturated rings. The predicted molar refractivity (Wildman–Crippen MR) is 117 cm³/mol. The number of sulfonamides is 1. The minimum atomic E-state index is -3.39. The van der Waals surface area contributed by atoms with Crippen LogP contribution in [0, 0.1) is 6.92 Å². The van der Waals surface area contributed by atoms with Crippen molar-refractivity contribution in [1.82, 2.24) is 4.98 Å². The van der Waals surface area contributed by atoms with E-state index in [-0.39, 0.29) is 12.3 Å². The number of hydrogen-bond acceptors (Lipinski definition) is 5. The van der Waals surface area contributed by atoms with Crippen molar-refractivity contribution in [2.45, 2.75) is 13.3 Å². The minimum Gasteiger partial charge on any atom is -0.326 e. The smallest absolute Gasteiger partial charge is 0.230 e. The van der Waals surface area contributed by atoms with Crippen LogP contribution in [-0.4, -0.2) is 25.6 Å². The molecule has 0 radical (unpaired) electrons. The Hall–Kier alpha value is -2.23. The Balaban J connectivity index is 1.69. The fourth-order valence-electron chi connectivity index (χ4n) is 2.52. The van der Waals surface area contributed by atoms with E-state index in [2.05, 4.69) is 31.0 Å². The molecule has 2 aromatic carbocycles. The monoisotopic (exact) mass is 479 g/mol. The highest BCUT2D eigenvalue weighted by Gasteiger charge is 2.11. The molecule has 3 aromatic rings. The van der Waals surface area contributed by atoms with E-state index in [1.165, 1.54) is 11.3 Å². The van der Waals surface area contributed by atoms with E-state index in [1.54, 1.807) is 25.1 Å². The molecule has 0 unspecified atom stereocenters. The van der Waals surface area contributed by atoms with Crippen LogP contribution in [0.25, 0.3) is 10.6 Å². The highest BCUT2D eigenvalue weighted by molar-refractivity contribution is 9.10. The first-order valence-electron chi connectivity index (χ1n) is 8.28. The molecule has 3 rings (SSSR count). The molecule has 146 valence electrons. The van der Waals surface area contributed by atoms with Crippen molar-refractivity contribution >= 4 is 54.6 Å². The number of thiazole rings is 1. The lowest BCUT2D eigenvalue weighted by Gasteiger charge is -2.11. The lowest BCUT2D eigenvalue weighted by atomic mass is 10.2. The number of aryl methyl sites for hydroxylation is 1. The summed E-state index contributed by atoms with van der Waals surface area (Å²) < 4.78 is 26.3. The summed E-state index contributed by atoms with van der Waals surface area (Å²) in [7, 11) is -3.39. The second-order valence-electron chi connectivity index (χ2n) is 6.28. The fourth-order valence-corrected chi connectivity index (χ4v) is 4.36. The number of nitrogens with zero attached hydrogens (tertiary/aromatic N) is 1. The number of benzene rings is 2. The Labute approximate surface area is 176 Å². The lowest BCUT2D eigenvalue weighted by Crippen LogP contribution is -2.15. The predicted octanol–water partition coefficient (Wildman–Crippen LogP) is 4.43. The molecule has 28 heavy (non-hydrogen) atoms. The Morgan fingerprint density at radius 1 is 1.21 bits per heavy atom. The molecule has 0 bridgehead atoms. The van der Waals surface area contributed by atoms with Crippen LogP contribution in [0.15, 0.2) is 52.3 Å². The van der Waals surface area contributed by atoms with Gasteiger partial charge in [-0.2, -0.15) is 0 Å². The van der Waals surface area contributed by atoms with E-state index in [0.29, 0.717) is 17.1 Å². The quantitative estimate of drug-likeness (QED) is 0.546. The summed E-state index contributed by atoms with van der Waals surface area (Å²) in [4.78, 5) is 16.9. The normalized spacial score (nSPS) is 11.2. The van der Waals surface area contributed by atoms with Crippen molar-refractivity contribution < 1.29 is 13.2 Å². The maximum absolute atomic E-state index is 12.4. The molecular formula is C19H18BrN3O3S2. The van der Waals surface area contributed by atoms with Gasteiger partial charge in [0.25, 0.3) is 0 Å². The molecule has 0 saturated heterocycles. The number of amides is 1. The van der Waals surface area contributed by atoms with E-state index in [0.717, 1.165) is 26.9 Å². The molecule has 0 aliphatic heterocycles. The van der Waals surface area contributed by atoms with Gasteiger partial charge in [-0.15, -0.1) is 11.3 Å². The SMILES string of the molecule is Cc1ccc(NC(=O)Cc2csc(-c3cccc(Br)c3)n2)cc1NS(C)(=O)=O. The third-order valence-electron chi connectivity index (χ3n) is 3.78. The van der Waals surface area contributed by atoms with Crippen molar-refractivity contribution in [3.8, 4) is 10.6 Å². The third-order valence-corrected chi connectivity index (χ3v) is 5.81. The number of nitrogens with one attached hydrogen (secondary N) is 2. The standard InChI is InChI=1S/C19H18BrN3O3S2/c1-12-6-7-15(9-17(12)23-28(2,25)26)21-18(24)10-16-11-27-19(22-16)13-4-3-5-14(20)8-13/h3-9,11,23H,10H2,1-2H3,(H,21,24). The molecule has 0 aliphatic rings. The van der Waals surface area contributed by atoms with Gasteiger partial charge >= 0.3 is 0 Å². The minimum absolute atomic E-state index is 0.132. The summed E-state index contributed by atoms with van der Waals surface area (Å²) in [6.45, 7) is 1.79. The first-order valence-corrected chi connectivity index (χ1v) is 11.8. The Kier molecular flexibility index (Phi) is 6.17. The average molecular weight is 480 g/mol. The van der Waals surface area contributed by atoms with Crippen LogP contribution < -0.4 is 10.0 Å². The van der Waals surface area contributed by atoms with E-state index >= 15 is 0 Å². The highest BCUT2D eigenvalue weighted by Crippen LogP contribution is 2.26. The molecule has 1 amide bonds. The Morgan fingerprint density at radius 2 is 2.00 bits per heavy atom. The van der Waals surface area contributed by atoms with Crippen molar-refractivity contribution in [3.63, 3.8) is 0 Å². The first-order chi connectivity index (χ1) is 13.2. The summed E-state index contributed by atoms with van der Waals surface area (Å²) in [6, 6.07) is 12.9. The lowest BCUT2D eigenvalue weighted by molar-refractivity contribution is -0.115. The van der Waals surface area contributed by atoms with Gasteiger partial charge in [0.2, 0.25) is 15.9 Å². The number of carbonyl (C=O) groups is 1. The molecule has 0 atom stereocenters. The van der Waals surface area contributed by atoms with Gasteiger partial charge < -0.3 is 5.32 Å². The summed E-state index contributed by atoms with van der Waals surface area (Å²) in [5, 5.41) is 5.49. The fraction of sp³-hybridized carbons (Fsp3) is 0.158. The van der Waals surface area contributed by atoms with Crippen molar-refractivity contribution in [2.75, 3.05) is 16.3 Å². The van der Waals surface area contributed by atoms with Crippen molar-refractivity contribution in [3.05, 3.63) is 63.6 Å². The van der Waals surface area contributed by atoms with Crippen LogP contribution in [-0.2, 0) is 21.2 Å². The van der Waals surface area contributed by atoms with Crippen LogP contribution in [0.2, 0.25) is 0 Å². The van der Waals surface area contributed by atoms with Gasteiger partial charge in [-0.05, 0) is 36.8 Å². The van der Waals surface area contributed by atoms with Gasteiger partial charge in [0.05, 0.1) is 24.1 Å². The average Bonchev–Trinajstić information content (AvgIpc) is 3.05. The molecule has 0 spiro atoms. The van der Waals surface area contributed by atoms with Gasteiger partial charge in [0.15, 0.2) is 0 Å². The molecule has 1 aromatic heterocycles. The van der Waals surface area contributed by atoms with Crippen molar-refractivity contribution in [2.24, 2.45) is 0 Å². The Morgan fingerprint density at radius 3 is 2.71 bits per heavy atom. The summed E-state index contributed by atoms with van der Waals surface area (Å²) >= 11 is 4.92. The van der Waals surface area contributed by atoms with Crippen molar-refractivity contribution in [1.29, 1.82) is 0 Å². The summed E-state index contributed by atoms with van der Waals surface area (Å²) in [6.07, 6.45) is 1.22. The summed E-state index contributed by atoms with van der Waals surface area (Å²) in [5.74, 6) is -0.222. The zero-order chi connectivity index (χ0) is 20.3. The molecule has 1 heterocycles. The van der Waals surface area contributed by atoms with Gasteiger partial charge in [0, 0.05) is 21.1 Å². The van der Waals surface area contributed by atoms with E-state index < -0.39 is 10.0 Å². The number of rotatable bonds is 6. The second kappa shape index (κ2) is 8.42. The maximum atomic E-state index is 12.4. The highest BCUT2D eigenvalue weighted by atomic mass is 79.9. The van der Waals surface area contributed by atoms with E-state index in [1.807, 2.05) is 29.6 Å². The number of anilines is 2. The van der Waals surface area contributed by atoms with Crippen LogP contribution in [0.3, 0.4) is 0 Å². The number of halogens is 1. The summed E-state index contributed by atoms with van der Waals surface area (Å²) in [5.41, 5.74) is 3.39. The van der Waals surface area contributed by atoms with Crippen LogP contribution in [0.4, 0.5) is 11.4 Å². The zero-order valence-corrected chi connectivity index (χ0v) is 18.4. The first kappa shape index (κ1) is 20.5. The van der Waals surface area contributed by atoms with E-state index in [4.69, 9.17) is 0 Å². The molecule has 2 N–H and O–H groups in total. The number of carbonyl (C=O) groups excluding carboxylic acids is 1. The molecule has 6 nitrogen and oxygen atoms in total. The molecule has 0 aliphatic carbocycles. The van der Waals surface area contributed by atoms with Gasteiger partial charge in [-0.25, -0.2) is 13.4 Å². The van der Waals surface area contributed by atoms with Crippen LogP contribution in [0.1, 0.15) is 11.3 Å². The topological polar surface area (TPSA) is 88.2 Å². The third kappa shape index (κ3) is 5.63. The number of hydrogen-bond donors (Lipinski definition) is 2. The molecular weight excluding hydrogens is 462 g/mol. The second-order valence-corrected chi connectivity index (χ2v) is 9.81. The molecule has 0 saturated carbocycles. The van der Waals surface area contributed by atoms with E-state index in [9.17, 15) is 13.2 Å². The van der Waals surface area contributed by atoms with Crippen LogP contribution >= 0.6 is 27.3 Å².